The molecule has 8 nitrogen and oxygen atoms in total. The highest BCUT2D eigenvalue weighted by molar-refractivity contribution is 7.99. The molecule has 4 rings (SSSR count). The molecule has 3 aromatic carbocycles. The van der Waals surface area contributed by atoms with Crippen molar-refractivity contribution in [1.82, 2.24) is 9.78 Å². The second kappa shape index (κ2) is 10.4. The lowest BCUT2D eigenvalue weighted by atomic mass is 10.1. The van der Waals surface area contributed by atoms with Crippen LogP contribution in [-0.4, -0.2) is 20.6 Å². The Labute approximate surface area is 207 Å². The number of nitrogens with zero attached hydrogens (tertiary/aromatic N) is 3. The number of carbonyl (C=O) groups excluding carboxylic acids is 1. The van der Waals surface area contributed by atoms with E-state index in [0.29, 0.717) is 10.6 Å². The lowest BCUT2D eigenvalue weighted by Gasteiger charge is -2.09. The maximum Gasteiger partial charge on any atom is 0.276 e. The first kappa shape index (κ1) is 24.0. The minimum atomic E-state index is -0.478. The average Bonchev–Trinajstić information content (AvgIpc) is 3.28. The Hall–Kier alpha value is -4.11. The molecule has 4 aromatic rings. The van der Waals surface area contributed by atoms with Crippen LogP contribution in [0.5, 0.6) is 5.75 Å². The molecule has 35 heavy (non-hydrogen) atoms. The third kappa shape index (κ3) is 6.48. The summed E-state index contributed by atoms with van der Waals surface area (Å²) in [6, 6.07) is 19.9. The maximum atomic E-state index is 12.8. The van der Waals surface area contributed by atoms with Crippen LogP contribution in [0.15, 0.2) is 82.7 Å². The van der Waals surface area contributed by atoms with Crippen molar-refractivity contribution in [1.29, 1.82) is 0 Å². The van der Waals surface area contributed by atoms with E-state index in [0.717, 1.165) is 27.3 Å². The van der Waals surface area contributed by atoms with Crippen LogP contribution in [0.3, 0.4) is 0 Å². The van der Waals surface area contributed by atoms with E-state index in [4.69, 9.17) is 4.74 Å². The van der Waals surface area contributed by atoms with Gasteiger partial charge in [0.05, 0.1) is 4.92 Å². The molecule has 0 saturated heterocycles. The van der Waals surface area contributed by atoms with Gasteiger partial charge in [-0.3, -0.25) is 14.9 Å². The number of amides is 1. The number of aryl methyl sites for hydroxylation is 3. The van der Waals surface area contributed by atoms with Crippen LogP contribution in [0.25, 0.3) is 0 Å². The van der Waals surface area contributed by atoms with Crippen molar-refractivity contribution >= 4 is 29.0 Å². The van der Waals surface area contributed by atoms with Crippen LogP contribution in [0, 0.1) is 30.9 Å². The van der Waals surface area contributed by atoms with Gasteiger partial charge in [-0.2, -0.15) is 5.10 Å². The molecule has 0 saturated carbocycles. The summed E-state index contributed by atoms with van der Waals surface area (Å²) >= 11 is 1.38. The van der Waals surface area contributed by atoms with Crippen LogP contribution in [-0.2, 0) is 6.73 Å². The maximum absolute atomic E-state index is 12.8. The van der Waals surface area contributed by atoms with Crippen molar-refractivity contribution in [2.75, 3.05) is 5.32 Å². The van der Waals surface area contributed by atoms with Gasteiger partial charge in [0.1, 0.15) is 5.75 Å². The number of ether oxygens (including phenoxy) is 1. The van der Waals surface area contributed by atoms with Gasteiger partial charge < -0.3 is 10.1 Å². The molecular formula is C26H24N4O4S. The molecule has 0 bridgehead atoms. The summed E-state index contributed by atoms with van der Waals surface area (Å²) in [5.41, 5.74) is 3.70. The number of hydrogen-bond acceptors (Lipinski definition) is 6. The van der Waals surface area contributed by atoms with Crippen LogP contribution >= 0.6 is 11.8 Å². The summed E-state index contributed by atoms with van der Waals surface area (Å²) < 4.78 is 7.29. The number of nitro benzene ring substituents is 1. The fraction of sp³-hybridized carbons (Fsp3) is 0.154. The third-order valence-electron chi connectivity index (χ3n) is 5.05. The lowest BCUT2D eigenvalue weighted by Crippen LogP contribution is -2.14. The van der Waals surface area contributed by atoms with E-state index in [1.54, 1.807) is 18.3 Å². The fourth-order valence-electron chi connectivity index (χ4n) is 3.47. The van der Waals surface area contributed by atoms with Gasteiger partial charge in [-0.05, 0) is 68.3 Å². The van der Waals surface area contributed by atoms with Gasteiger partial charge in [0, 0.05) is 33.8 Å². The molecule has 0 fully saturated rings. The lowest BCUT2D eigenvalue weighted by molar-refractivity contribution is -0.385. The van der Waals surface area contributed by atoms with Crippen molar-refractivity contribution in [3.05, 3.63) is 105 Å². The summed E-state index contributed by atoms with van der Waals surface area (Å²) in [4.78, 5) is 25.3. The first-order valence-corrected chi connectivity index (χ1v) is 11.7. The summed E-state index contributed by atoms with van der Waals surface area (Å²) in [6.07, 6.45) is 1.64. The number of nitrogens with one attached hydrogen (secondary N) is 1. The number of anilines is 1. The van der Waals surface area contributed by atoms with Crippen molar-refractivity contribution in [2.45, 2.75) is 37.3 Å². The fourth-order valence-corrected chi connectivity index (χ4v) is 4.38. The molecule has 0 radical (unpaired) electrons. The number of non-ortho nitro benzene ring substituents is 1. The zero-order valence-corrected chi connectivity index (χ0v) is 20.3. The first-order valence-electron chi connectivity index (χ1n) is 10.8. The SMILES string of the molecule is Cc1ccc(Sc2cc(NC(=O)c3ccn(COc4cc(C)cc(C)c4)n3)cc([N+](=O)[O-])c2)cc1. The molecule has 178 valence electrons. The molecule has 1 aromatic heterocycles. The average molecular weight is 489 g/mol. The molecule has 9 heteroatoms. The van der Waals surface area contributed by atoms with Gasteiger partial charge in [0.25, 0.3) is 11.6 Å². The minimum absolute atomic E-state index is 0.107. The van der Waals surface area contributed by atoms with E-state index >= 15 is 0 Å². The Bertz CT molecular complexity index is 1360. The molecule has 1 N–H and O–H groups in total. The minimum Gasteiger partial charge on any atom is -0.471 e. The monoisotopic (exact) mass is 488 g/mol. The van der Waals surface area contributed by atoms with E-state index in [2.05, 4.69) is 16.5 Å². The number of nitro groups is 1. The van der Waals surface area contributed by atoms with Crippen LogP contribution < -0.4 is 10.1 Å². The van der Waals surface area contributed by atoms with Gasteiger partial charge in [-0.25, -0.2) is 4.68 Å². The molecule has 0 unspecified atom stereocenters. The zero-order chi connectivity index (χ0) is 24.9. The number of aromatic nitrogens is 2. The van der Waals surface area contributed by atoms with Gasteiger partial charge in [0.15, 0.2) is 12.4 Å². The van der Waals surface area contributed by atoms with Gasteiger partial charge in [-0.1, -0.05) is 35.5 Å². The van der Waals surface area contributed by atoms with E-state index in [1.165, 1.54) is 28.6 Å². The highest BCUT2D eigenvalue weighted by atomic mass is 32.2. The van der Waals surface area contributed by atoms with Crippen LogP contribution in [0.2, 0.25) is 0 Å². The van der Waals surface area contributed by atoms with E-state index in [1.807, 2.05) is 57.2 Å². The summed E-state index contributed by atoms with van der Waals surface area (Å²) in [5, 5.41) is 18.4. The number of hydrogen-bond donors (Lipinski definition) is 1. The Morgan fingerprint density at radius 1 is 0.971 bits per heavy atom. The largest absolute Gasteiger partial charge is 0.471 e. The van der Waals surface area contributed by atoms with Crippen molar-refractivity contribution in [3.63, 3.8) is 0 Å². The van der Waals surface area contributed by atoms with Crippen molar-refractivity contribution < 1.29 is 14.5 Å². The molecule has 0 aliphatic carbocycles. The number of rotatable bonds is 8. The molecule has 0 spiro atoms. The number of carbonyl (C=O) groups is 1. The quantitative estimate of drug-likeness (QED) is 0.236. The standard InChI is InChI=1S/C26H24N4O4S/c1-17-4-6-23(7-5-17)35-24-14-20(13-21(15-24)30(32)33)27-26(31)25-8-9-29(28-25)16-34-22-11-18(2)10-19(3)12-22/h4-15H,16H2,1-3H3,(H,27,31). The molecule has 1 heterocycles. The molecule has 0 atom stereocenters. The number of benzene rings is 3. The van der Waals surface area contributed by atoms with Gasteiger partial charge in [-0.15, -0.1) is 0 Å². The summed E-state index contributed by atoms with van der Waals surface area (Å²) in [5.74, 6) is 0.251. The normalized spacial score (nSPS) is 10.7. The van der Waals surface area contributed by atoms with Crippen LogP contribution in [0.4, 0.5) is 11.4 Å². The molecule has 0 aliphatic heterocycles. The van der Waals surface area contributed by atoms with Gasteiger partial charge in [0.2, 0.25) is 0 Å². The summed E-state index contributed by atoms with van der Waals surface area (Å²) in [6.45, 7) is 6.13. The third-order valence-corrected chi connectivity index (χ3v) is 6.03. The molecular weight excluding hydrogens is 464 g/mol. The van der Waals surface area contributed by atoms with E-state index in [9.17, 15) is 14.9 Å². The highest BCUT2D eigenvalue weighted by Gasteiger charge is 2.15. The van der Waals surface area contributed by atoms with Gasteiger partial charge >= 0.3 is 0 Å². The second-order valence-electron chi connectivity index (χ2n) is 8.18. The predicted molar refractivity (Wildman–Crippen MR) is 135 cm³/mol. The van der Waals surface area contributed by atoms with E-state index in [-0.39, 0.29) is 18.1 Å². The Morgan fingerprint density at radius 2 is 1.69 bits per heavy atom. The molecule has 0 aliphatic rings. The Balaban J connectivity index is 1.46. The Kier molecular flexibility index (Phi) is 7.17. The van der Waals surface area contributed by atoms with Crippen LogP contribution in [0.1, 0.15) is 27.2 Å². The van der Waals surface area contributed by atoms with Crippen molar-refractivity contribution in [3.8, 4) is 5.75 Å². The predicted octanol–water partition coefficient (Wildman–Crippen LogP) is 6.16. The van der Waals surface area contributed by atoms with Crippen molar-refractivity contribution in [2.24, 2.45) is 0 Å². The summed E-state index contributed by atoms with van der Waals surface area (Å²) in [7, 11) is 0. The van der Waals surface area contributed by atoms with E-state index < -0.39 is 10.8 Å². The Morgan fingerprint density at radius 3 is 2.37 bits per heavy atom. The highest BCUT2D eigenvalue weighted by Crippen LogP contribution is 2.33. The first-order chi connectivity index (χ1) is 16.7. The topological polar surface area (TPSA) is 99.3 Å². The smallest absolute Gasteiger partial charge is 0.276 e. The molecule has 1 amide bonds. The zero-order valence-electron chi connectivity index (χ0n) is 19.5. The second-order valence-corrected chi connectivity index (χ2v) is 9.33.